The summed E-state index contributed by atoms with van der Waals surface area (Å²) in [5.74, 6) is 0. The van der Waals surface area contributed by atoms with Crippen molar-refractivity contribution in [1.82, 2.24) is 0 Å². The van der Waals surface area contributed by atoms with Gasteiger partial charge in [0.25, 0.3) is 0 Å². The average Bonchev–Trinajstić information content (AvgIpc) is 2.18. The maximum absolute atomic E-state index is 6.09. The van der Waals surface area contributed by atoms with E-state index in [0.717, 1.165) is 19.4 Å². The van der Waals surface area contributed by atoms with Crippen molar-refractivity contribution in [2.75, 3.05) is 6.61 Å². The number of halogens is 1. The molecule has 0 amide bonds. The van der Waals surface area contributed by atoms with Crippen LogP contribution in [0.4, 0.5) is 0 Å². The van der Waals surface area contributed by atoms with Crippen molar-refractivity contribution in [2.45, 2.75) is 69.8 Å². The topological polar surface area (TPSA) is 9.23 Å². The maximum Gasteiger partial charge on any atom is 0.0589 e. The Morgan fingerprint density at radius 1 is 1.21 bits per heavy atom. The van der Waals surface area contributed by atoms with Gasteiger partial charge in [-0.1, -0.05) is 39.0 Å². The summed E-state index contributed by atoms with van der Waals surface area (Å²) in [5.41, 5.74) is 0. The Hall–Kier alpha value is 0.250. The smallest absolute Gasteiger partial charge is 0.0589 e. The monoisotopic (exact) mass is 218 g/mol. The van der Waals surface area contributed by atoms with Crippen LogP contribution in [-0.4, -0.2) is 18.1 Å². The van der Waals surface area contributed by atoms with Crippen LogP contribution >= 0.6 is 11.6 Å². The highest BCUT2D eigenvalue weighted by atomic mass is 35.5. The molecule has 0 aliphatic carbocycles. The molecule has 1 rings (SSSR count). The minimum Gasteiger partial charge on any atom is -0.378 e. The van der Waals surface area contributed by atoms with Gasteiger partial charge in [-0.15, -0.1) is 11.6 Å². The van der Waals surface area contributed by atoms with Gasteiger partial charge in [-0.3, -0.25) is 0 Å². The molecule has 84 valence electrons. The van der Waals surface area contributed by atoms with Crippen LogP contribution in [0.1, 0.15) is 58.3 Å². The lowest BCUT2D eigenvalue weighted by Gasteiger charge is -2.26. The molecule has 1 nitrogen and oxygen atoms in total. The molecule has 2 heteroatoms. The van der Waals surface area contributed by atoms with Crippen LogP contribution < -0.4 is 0 Å². The van der Waals surface area contributed by atoms with E-state index in [2.05, 4.69) is 6.92 Å². The van der Waals surface area contributed by atoms with Crippen molar-refractivity contribution in [1.29, 1.82) is 0 Å². The third-order valence-corrected chi connectivity index (χ3v) is 3.33. The minimum absolute atomic E-state index is 0.365. The molecule has 14 heavy (non-hydrogen) atoms. The van der Waals surface area contributed by atoms with E-state index in [0.29, 0.717) is 11.5 Å². The first-order valence-electron chi connectivity index (χ1n) is 6.08. The van der Waals surface area contributed by atoms with E-state index in [1.54, 1.807) is 0 Å². The number of ether oxygens (including phenoxy) is 1. The Kier molecular flexibility index (Phi) is 6.63. The van der Waals surface area contributed by atoms with E-state index in [1.807, 2.05) is 0 Å². The molecule has 2 atom stereocenters. The summed E-state index contributed by atoms with van der Waals surface area (Å²) < 4.78 is 5.67. The van der Waals surface area contributed by atoms with Crippen LogP contribution in [0.15, 0.2) is 0 Å². The molecule has 0 spiro atoms. The normalized spacial score (nSPS) is 27.9. The number of unbranched alkanes of at least 4 members (excludes halogenated alkanes) is 4. The molecule has 0 bridgehead atoms. The number of rotatable bonds is 6. The van der Waals surface area contributed by atoms with Crippen LogP contribution in [0, 0.1) is 0 Å². The van der Waals surface area contributed by atoms with Crippen molar-refractivity contribution in [3.8, 4) is 0 Å². The molecule has 1 aliphatic rings. The summed E-state index contributed by atoms with van der Waals surface area (Å²) in [5, 5.41) is 0.365. The highest BCUT2D eigenvalue weighted by Crippen LogP contribution is 2.22. The van der Waals surface area contributed by atoms with Crippen molar-refractivity contribution in [3.63, 3.8) is 0 Å². The second-order valence-corrected chi connectivity index (χ2v) is 4.93. The standard InChI is InChI=1S/C12H23ClO/c1-2-3-4-5-6-7-12-10-11(13)8-9-14-12/h11-12H,2-10H2,1H3. The third kappa shape index (κ3) is 5.21. The Labute approximate surface area is 93.2 Å². The zero-order valence-corrected chi connectivity index (χ0v) is 10.1. The van der Waals surface area contributed by atoms with Crippen LogP contribution in [-0.2, 0) is 4.74 Å². The van der Waals surface area contributed by atoms with Gasteiger partial charge in [-0.05, 0) is 19.3 Å². The van der Waals surface area contributed by atoms with E-state index in [-0.39, 0.29) is 0 Å². The second kappa shape index (κ2) is 7.53. The van der Waals surface area contributed by atoms with Crippen LogP contribution in [0.2, 0.25) is 0 Å². The largest absolute Gasteiger partial charge is 0.378 e. The lowest BCUT2D eigenvalue weighted by molar-refractivity contribution is 0.0116. The molecule has 1 fully saturated rings. The molecule has 0 saturated carbocycles. The van der Waals surface area contributed by atoms with Gasteiger partial charge in [-0.25, -0.2) is 0 Å². The van der Waals surface area contributed by atoms with Crippen molar-refractivity contribution in [3.05, 3.63) is 0 Å². The first-order chi connectivity index (χ1) is 6.83. The first-order valence-corrected chi connectivity index (χ1v) is 6.52. The van der Waals surface area contributed by atoms with E-state index >= 15 is 0 Å². The molecule has 2 unspecified atom stereocenters. The summed E-state index contributed by atoms with van der Waals surface area (Å²) in [6.07, 6.45) is 10.5. The lowest BCUT2D eigenvalue weighted by atomic mass is 10.0. The van der Waals surface area contributed by atoms with Crippen molar-refractivity contribution in [2.24, 2.45) is 0 Å². The van der Waals surface area contributed by atoms with Gasteiger partial charge in [0, 0.05) is 12.0 Å². The minimum atomic E-state index is 0.365. The highest BCUT2D eigenvalue weighted by Gasteiger charge is 2.19. The molecule has 0 aromatic rings. The van der Waals surface area contributed by atoms with Gasteiger partial charge in [0.2, 0.25) is 0 Å². The van der Waals surface area contributed by atoms with E-state index in [1.165, 1.54) is 38.5 Å². The molecule has 1 saturated heterocycles. The van der Waals surface area contributed by atoms with Gasteiger partial charge in [0.1, 0.15) is 0 Å². The fourth-order valence-electron chi connectivity index (χ4n) is 2.01. The zero-order chi connectivity index (χ0) is 10.2. The fourth-order valence-corrected chi connectivity index (χ4v) is 2.30. The summed E-state index contributed by atoms with van der Waals surface area (Å²) in [7, 11) is 0. The predicted octanol–water partition coefficient (Wildman–Crippen LogP) is 4.13. The summed E-state index contributed by atoms with van der Waals surface area (Å²) in [6, 6.07) is 0. The zero-order valence-electron chi connectivity index (χ0n) is 9.30. The van der Waals surface area contributed by atoms with Gasteiger partial charge in [0.15, 0.2) is 0 Å². The Bertz CT molecular complexity index is 138. The summed E-state index contributed by atoms with van der Waals surface area (Å²) in [4.78, 5) is 0. The molecule has 0 aromatic heterocycles. The van der Waals surface area contributed by atoms with E-state index < -0.39 is 0 Å². The molecule has 1 heterocycles. The molecule has 0 N–H and O–H groups in total. The van der Waals surface area contributed by atoms with Crippen molar-refractivity contribution < 1.29 is 4.74 Å². The fraction of sp³-hybridized carbons (Fsp3) is 1.00. The number of hydrogen-bond donors (Lipinski definition) is 0. The van der Waals surface area contributed by atoms with Crippen LogP contribution in [0.3, 0.4) is 0 Å². The first kappa shape index (κ1) is 12.3. The van der Waals surface area contributed by atoms with Crippen LogP contribution in [0.5, 0.6) is 0 Å². The Morgan fingerprint density at radius 3 is 2.71 bits per heavy atom. The van der Waals surface area contributed by atoms with Crippen molar-refractivity contribution >= 4 is 11.6 Å². The highest BCUT2D eigenvalue weighted by molar-refractivity contribution is 6.20. The second-order valence-electron chi connectivity index (χ2n) is 4.32. The third-order valence-electron chi connectivity index (χ3n) is 2.93. The predicted molar refractivity (Wildman–Crippen MR) is 62.0 cm³/mol. The summed E-state index contributed by atoms with van der Waals surface area (Å²) >= 11 is 6.09. The average molecular weight is 219 g/mol. The van der Waals surface area contributed by atoms with E-state index in [4.69, 9.17) is 16.3 Å². The molecule has 0 aromatic carbocycles. The number of hydrogen-bond acceptors (Lipinski definition) is 1. The maximum atomic E-state index is 6.09. The van der Waals surface area contributed by atoms with Crippen LogP contribution in [0.25, 0.3) is 0 Å². The van der Waals surface area contributed by atoms with E-state index in [9.17, 15) is 0 Å². The SMILES string of the molecule is CCCCCCCC1CC(Cl)CCO1. The molecule has 1 aliphatic heterocycles. The molecular formula is C12H23ClO. The molecular weight excluding hydrogens is 196 g/mol. The van der Waals surface area contributed by atoms with Gasteiger partial charge < -0.3 is 4.74 Å². The lowest BCUT2D eigenvalue weighted by Crippen LogP contribution is -2.25. The molecule has 0 radical (unpaired) electrons. The Morgan fingerprint density at radius 2 is 2.00 bits per heavy atom. The van der Waals surface area contributed by atoms with Gasteiger partial charge in [-0.2, -0.15) is 0 Å². The quantitative estimate of drug-likeness (QED) is 0.481. The van der Waals surface area contributed by atoms with Gasteiger partial charge in [0.05, 0.1) is 6.10 Å². The number of alkyl halides is 1. The van der Waals surface area contributed by atoms with Gasteiger partial charge >= 0.3 is 0 Å². The summed E-state index contributed by atoms with van der Waals surface area (Å²) in [6.45, 7) is 3.12. The Balaban J connectivity index is 1.95.